The van der Waals surface area contributed by atoms with Crippen molar-refractivity contribution in [1.29, 1.82) is 10.5 Å². The summed E-state index contributed by atoms with van der Waals surface area (Å²) < 4.78 is 0. The second-order valence-electron chi connectivity index (χ2n) is 5.66. The number of anilines is 2. The Morgan fingerprint density at radius 3 is 2.33 bits per heavy atom. The summed E-state index contributed by atoms with van der Waals surface area (Å²) in [5.74, 6) is 0.312. The molecule has 3 aromatic rings. The number of halogens is 2. The molecule has 0 fully saturated rings. The lowest BCUT2D eigenvalue weighted by Gasteiger charge is -2.15. The Hall–Kier alpha value is -3.25. The van der Waals surface area contributed by atoms with Crippen LogP contribution in [0.3, 0.4) is 0 Å². The summed E-state index contributed by atoms with van der Waals surface area (Å²) >= 11 is 12.3. The Morgan fingerprint density at radius 1 is 1.00 bits per heavy atom. The summed E-state index contributed by atoms with van der Waals surface area (Å²) in [6.07, 6.45) is 0. The van der Waals surface area contributed by atoms with Crippen LogP contribution < -0.4 is 11.1 Å². The Balaban J connectivity index is 2.15. The van der Waals surface area contributed by atoms with Gasteiger partial charge in [0.2, 0.25) is 0 Å². The van der Waals surface area contributed by atoms with Gasteiger partial charge in [-0.1, -0.05) is 59.6 Å². The molecule has 0 radical (unpaired) electrons. The van der Waals surface area contributed by atoms with Crippen molar-refractivity contribution in [1.82, 2.24) is 4.98 Å². The van der Waals surface area contributed by atoms with E-state index in [1.165, 1.54) is 0 Å². The van der Waals surface area contributed by atoms with E-state index in [-0.39, 0.29) is 16.9 Å². The third-order valence-electron chi connectivity index (χ3n) is 3.95. The molecule has 0 bridgehead atoms. The van der Waals surface area contributed by atoms with E-state index in [0.717, 1.165) is 5.56 Å². The van der Waals surface area contributed by atoms with Crippen LogP contribution in [0.5, 0.6) is 0 Å². The Labute approximate surface area is 166 Å². The van der Waals surface area contributed by atoms with E-state index in [1.807, 2.05) is 36.4 Å². The van der Waals surface area contributed by atoms with Gasteiger partial charge >= 0.3 is 0 Å². The van der Waals surface area contributed by atoms with Crippen molar-refractivity contribution in [3.8, 4) is 23.3 Å². The Bertz CT molecular complexity index is 1080. The van der Waals surface area contributed by atoms with Gasteiger partial charge in [-0.25, -0.2) is 4.98 Å². The first-order chi connectivity index (χ1) is 13.0. The minimum absolute atomic E-state index is 0.0214. The summed E-state index contributed by atoms with van der Waals surface area (Å²) in [4.78, 5) is 4.22. The molecule has 0 saturated heterocycles. The van der Waals surface area contributed by atoms with Crippen LogP contribution in [0.1, 0.15) is 16.7 Å². The molecule has 5 nitrogen and oxygen atoms in total. The van der Waals surface area contributed by atoms with E-state index in [2.05, 4.69) is 16.4 Å². The third kappa shape index (κ3) is 3.80. The standard InChI is InChI=1S/C20H13Cl2N5/c21-13-6-7-14(17(22)8-13)18-15(9-23)19(25)27-20(16(18)10-24)26-11-12-4-2-1-3-5-12/h1-8H,11H2,(H3,25,26,27). The van der Waals surface area contributed by atoms with Gasteiger partial charge in [0, 0.05) is 27.7 Å². The lowest BCUT2D eigenvalue weighted by atomic mass is 9.96. The van der Waals surface area contributed by atoms with E-state index in [4.69, 9.17) is 28.9 Å². The van der Waals surface area contributed by atoms with Crippen LogP contribution in [-0.2, 0) is 6.54 Å². The van der Waals surface area contributed by atoms with Gasteiger partial charge in [-0.05, 0) is 17.7 Å². The fraction of sp³-hybridized carbons (Fsp3) is 0.0500. The predicted molar refractivity (Wildman–Crippen MR) is 107 cm³/mol. The predicted octanol–water partition coefficient (Wildman–Crippen LogP) is 4.99. The number of benzene rings is 2. The summed E-state index contributed by atoms with van der Waals surface area (Å²) in [6.45, 7) is 0.446. The second-order valence-corrected chi connectivity index (χ2v) is 6.50. The topological polar surface area (TPSA) is 98.5 Å². The maximum absolute atomic E-state index is 9.76. The van der Waals surface area contributed by atoms with Gasteiger partial charge in [0.05, 0.1) is 0 Å². The number of rotatable bonds is 4. The van der Waals surface area contributed by atoms with Gasteiger partial charge in [0.1, 0.15) is 34.9 Å². The minimum atomic E-state index is 0.0214. The molecule has 3 rings (SSSR count). The number of nitrogens with zero attached hydrogens (tertiary/aromatic N) is 3. The summed E-state index contributed by atoms with van der Waals surface area (Å²) in [7, 11) is 0. The van der Waals surface area contributed by atoms with Gasteiger partial charge < -0.3 is 11.1 Å². The highest BCUT2D eigenvalue weighted by Crippen LogP contribution is 2.38. The molecule has 0 amide bonds. The van der Waals surface area contributed by atoms with Crippen LogP contribution in [0.15, 0.2) is 48.5 Å². The zero-order valence-corrected chi connectivity index (χ0v) is 15.5. The number of nitrogen functional groups attached to an aromatic ring is 1. The van der Waals surface area contributed by atoms with Gasteiger partial charge in [-0.15, -0.1) is 0 Å². The molecule has 3 N–H and O–H groups in total. The van der Waals surface area contributed by atoms with Crippen molar-refractivity contribution in [2.45, 2.75) is 6.54 Å². The van der Waals surface area contributed by atoms with Crippen LogP contribution in [-0.4, -0.2) is 4.98 Å². The first kappa shape index (κ1) is 18.5. The molecular weight excluding hydrogens is 381 g/mol. The van der Waals surface area contributed by atoms with Crippen molar-refractivity contribution in [3.63, 3.8) is 0 Å². The molecule has 2 aromatic carbocycles. The first-order valence-corrected chi connectivity index (χ1v) is 8.67. The Kier molecular flexibility index (Phi) is 5.47. The second kappa shape index (κ2) is 7.97. The lowest BCUT2D eigenvalue weighted by molar-refractivity contribution is 1.11. The normalized spacial score (nSPS) is 10.1. The maximum Gasteiger partial charge on any atom is 0.147 e. The number of nitrogens with one attached hydrogen (secondary N) is 1. The molecule has 0 unspecified atom stereocenters. The zero-order chi connectivity index (χ0) is 19.4. The molecule has 27 heavy (non-hydrogen) atoms. The fourth-order valence-corrected chi connectivity index (χ4v) is 3.20. The number of pyridine rings is 1. The molecule has 0 aliphatic heterocycles. The van der Waals surface area contributed by atoms with Crippen LogP contribution in [0, 0.1) is 22.7 Å². The van der Waals surface area contributed by atoms with Crippen LogP contribution in [0.2, 0.25) is 10.0 Å². The minimum Gasteiger partial charge on any atom is -0.383 e. The van der Waals surface area contributed by atoms with Crippen LogP contribution in [0.25, 0.3) is 11.1 Å². The van der Waals surface area contributed by atoms with Crippen molar-refractivity contribution in [3.05, 3.63) is 75.3 Å². The van der Waals surface area contributed by atoms with E-state index < -0.39 is 0 Å². The highest BCUT2D eigenvalue weighted by Gasteiger charge is 2.22. The molecule has 0 aliphatic carbocycles. The van der Waals surface area contributed by atoms with Crippen molar-refractivity contribution in [2.24, 2.45) is 0 Å². The van der Waals surface area contributed by atoms with E-state index in [0.29, 0.717) is 33.5 Å². The van der Waals surface area contributed by atoms with Crippen molar-refractivity contribution >= 4 is 34.8 Å². The third-order valence-corrected chi connectivity index (χ3v) is 4.50. The monoisotopic (exact) mass is 393 g/mol. The highest BCUT2D eigenvalue weighted by molar-refractivity contribution is 6.36. The van der Waals surface area contributed by atoms with Gasteiger partial charge in [0.15, 0.2) is 0 Å². The quantitative estimate of drug-likeness (QED) is 0.649. The molecule has 1 aromatic heterocycles. The molecular formula is C20H13Cl2N5. The number of hydrogen-bond donors (Lipinski definition) is 2. The van der Waals surface area contributed by atoms with Crippen LogP contribution >= 0.6 is 23.2 Å². The number of nitrogens with two attached hydrogens (primary N) is 1. The summed E-state index contributed by atoms with van der Waals surface area (Å²) in [5.41, 5.74) is 8.12. The fourth-order valence-electron chi connectivity index (χ4n) is 2.70. The zero-order valence-electron chi connectivity index (χ0n) is 14.0. The summed E-state index contributed by atoms with van der Waals surface area (Å²) in [6, 6.07) is 18.6. The first-order valence-electron chi connectivity index (χ1n) is 7.92. The molecule has 0 saturated carbocycles. The van der Waals surface area contributed by atoms with Crippen molar-refractivity contribution < 1.29 is 0 Å². The molecule has 1 heterocycles. The van der Waals surface area contributed by atoms with Crippen molar-refractivity contribution in [2.75, 3.05) is 11.1 Å². The largest absolute Gasteiger partial charge is 0.383 e. The Morgan fingerprint density at radius 2 is 1.70 bits per heavy atom. The molecule has 7 heteroatoms. The number of aromatic nitrogens is 1. The van der Waals surface area contributed by atoms with Gasteiger partial charge in [-0.3, -0.25) is 0 Å². The van der Waals surface area contributed by atoms with Crippen LogP contribution in [0.4, 0.5) is 11.6 Å². The lowest BCUT2D eigenvalue weighted by Crippen LogP contribution is -2.09. The smallest absolute Gasteiger partial charge is 0.147 e. The van der Waals surface area contributed by atoms with E-state index >= 15 is 0 Å². The maximum atomic E-state index is 9.76. The number of hydrogen-bond acceptors (Lipinski definition) is 5. The average Bonchev–Trinajstić information content (AvgIpc) is 2.67. The van der Waals surface area contributed by atoms with E-state index in [1.54, 1.807) is 18.2 Å². The molecule has 0 aliphatic rings. The molecule has 0 atom stereocenters. The van der Waals surface area contributed by atoms with Gasteiger partial charge in [0.25, 0.3) is 0 Å². The highest BCUT2D eigenvalue weighted by atomic mass is 35.5. The summed E-state index contributed by atoms with van der Waals surface area (Å²) in [5, 5.41) is 23.2. The average molecular weight is 394 g/mol. The SMILES string of the molecule is N#Cc1c(N)nc(NCc2ccccc2)c(C#N)c1-c1ccc(Cl)cc1Cl. The van der Waals surface area contributed by atoms with Gasteiger partial charge in [-0.2, -0.15) is 10.5 Å². The molecule has 0 spiro atoms. The number of nitriles is 2. The molecule has 132 valence electrons. The van der Waals surface area contributed by atoms with E-state index in [9.17, 15) is 10.5 Å².